The summed E-state index contributed by atoms with van der Waals surface area (Å²) in [6.07, 6.45) is 2.38. The topological polar surface area (TPSA) is 38.4 Å². The van der Waals surface area contributed by atoms with E-state index in [-0.39, 0.29) is 6.17 Å². The van der Waals surface area contributed by atoms with Gasteiger partial charge in [0.05, 0.1) is 6.17 Å². The summed E-state index contributed by atoms with van der Waals surface area (Å²) in [5.74, 6) is 0.589. The second kappa shape index (κ2) is 5.30. The van der Waals surface area contributed by atoms with Gasteiger partial charge in [0.15, 0.2) is 0 Å². The number of hydrogen-bond donors (Lipinski definition) is 1. The van der Waals surface area contributed by atoms with Gasteiger partial charge in [-0.3, -0.25) is 4.99 Å². The van der Waals surface area contributed by atoms with Crippen molar-refractivity contribution in [2.24, 2.45) is 16.6 Å². The first-order chi connectivity index (χ1) is 5.07. The zero-order chi connectivity index (χ0) is 8.85. The normalized spacial score (nSPS) is 18.1. The van der Waals surface area contributed by atoms with Crippen molar-refractivity contribution in [3.05, 3.63) is 0 Å². The minimum Gasteiger partial charge on any atom is -0.310 e. The zero-order valence-electron chi connectivity index (χ0n) is 8.09. The molecule has 0 heterocycles. The quantitative estimate of drug-likeness (QED) is 0.622. The van der Waals surface area contributed by atoms with E-state index in [0.717, 1.165) is 0 Å². The largest absolute Gasteiger partial charge is 0.310 e. The van der Waals surface area contributed by atoms with Gasteiger partial charge >= 0.3 is 0 Å². The number of nitrogens with zero attached hydrogens (tertiary/aromatic N) is 1. The van der Waals surface area contributed by atoms with Crippen LogP contribution in [0.25, 0.3) is 0 Å². The Morgan fingerprint density at radius 1 is 1.45 bits per heavy atom. The minimum absolute atomic E-state index is 0.0469. The molecule has 0 saturated heterocycles. The molecule has 0 aliphatic carbocycles. The maximum absolute atomic E-state index is 5.54. The molecule has 0 aliphatic heterocycles. The van der Waals surface area contributed by atoms with E-state index in [9.17, 15) is 0 Å². The van der Waals surface area contributed by atoms with Gasteiger partial charge < -0.3 is 5.73 Å². The van der Waals surface area contributed by atoms with E-state index in [0.29, 0.717) is 5.92 Å². The lowest BCUT2D eigenvalue weighted by Gasteiger charge is -2.10. The second-order valence-electron chi connectivity index (χ2n) is 3.20. The Morgan fingerprint density at radius 2 is 2.00 bits per heavy atom. The van der Waals surface area contributed by atoms with Crippen LogP contribution in [0.2, 0.25) is 0 Å². The molecule has 2 heteroatoms. The summed E-state index contributed by atoms with van der Waals surface area (Å²) in [5.41, 5.74) is 6.72. The van der Waals surface area contributed by atoms with Gasteiger partial charge in [-0.2, -0.15) is 0 Å². The summed E-state index contributed by atoms with van der Waals surface area (Å²) in [7, 11) is 0. The fraction of sp³-hybridized carbons (Fsp3) is 0.889. The average molecular weight is 156 g/mol. The monoisotopic (exact) mass is 156 g/mol. The smallest absolute Gasteiger partial charge is 0.0940 e. The van der Waals surface area contributed by atoms with Crippen LogP contribution in [0.3, 0.4) is 0 Å². The van der Waals surface area contributed by atoms with Crippen molar-refractivity contribution in [2.45, 2.75) is 46.7 Å². The van der Waals surface area contributed by atoms with Crippen molar-refractivity contribution in [1.82, 2.24) is 0 Å². The first kappa shape index (κ1) is 10.6. The van der Waals surface area contributed by atoms with E-state index in [1.165, 1.54) is 18.6 Å². The molecule has 0 aromatic heterocycles. The standard InChI is InChI=1S/C9H20N2/c1-5-6-7(2)8(3)11-9(4)10/h7,9H,5-6,10H2,1-4H3/b11-8-/t7?,9-/m1/s1. The van der Waals surface area contributed by atoms with Gasteiger partial charge in [0.2, 0.25) is 0 Å². The summed E-state index contributed by atoms with van der Waals surface area (Å²) in [6.45, 7) is 8.35. The van der Waals surface area contributed by atoms with Crippen LogP contribution in [-0.2, 0) is 0 Å². The Balaban J connectivity index is 3.89. The van der Waals surface area contributed by atoms with E-state index in [4.69, 9.17) is 5.73 Å². The van der Waals surface area contributed by atoms with Gasteiger partial charge in [0.25, 0.3) is 0 Å². The van der Waals surface area contributed by atoms with Crippen molar-refractivity contribution >= 4 is 5.71 Å². The number of nitrogens with two attached hydrogens (primary N) is 1. The van der Waals surface area contributed by atoms with Crippen LogP contribution in [0.1, 0.15) is 40.5 Å². The highest BCUT2D eigenvalue weighted by molar-refractivity contribution is 5.84. The Labute approximate surface area is 69.9 Å². The molecule has 0 aliphatic rings. The highest BCUT2D eigenvalue weighted by atomic mass is 14.9. The summed E-state index contributed by atoms with van der Waals surface area (Å²) in [6, 6.07) is 0. The van der Waals surface area contributed by atoms with E-state index in [2.05, 4.69) is 25.8 Å². The third-order valence-electron chi connectivity index (χ3n) is 1.84. The minimum atomic E-state index is -0.0469. The Bertz CT molecular complexity index is 128. The van der Waals surface area contributed by atoms with E-state index >= 15 is 0 Å². The predicted octanol–water partition coefficient (Wildman–Crippen LogP) is 2.19. The SMILES string of the molecule is CCCC(C)/C(C)=N\[C@H](C)N. The summed E-state index contributed by atoms with van der Waals surface area (Å²) in [5, 5.41) is 0. The van der Waals surface area contributed by atoms with Crippen LogP contribution >= 0.6 is 0 Å². The molecule has 2 N–H and O–H groups in total. The molecule has 1 unspecified atom stereocenters. The molecule has 0 saturated carbocycles. The molecule has 0 fully saturated rings. The van der Waals surface area contributed by atoms with Crippen LogP contribution in [-0.4, -0.2) is 11.9 Å². The van der Waals surface area contributed by atoms with Crippen LogP contribution in [0.4, 0.5) is 0 Å². The molecule has 2 nitrogen and oxygen atoms in total. The van der Waals surface area contributed by atoms with Crippen molar-refractivity contribution < 1.29 is 0 Å². The Kier molecular flexibility index (Phi) is 5.12. The molecule has 66 valence electrons. The van der Waals surface area contributed by atoms with E-state index < -0.39 is 0 Å². The maximum atomic E-state index is 5.54. The van der Waals surface area contributed by atoms with Gasteiger partial charge in [0, 0.05) is 5.71 Å². The van der Waals surface area contributed by atoms with Crippen molar-refractivity contribution in [2.75, 3.05) is 0 Å². The molecule has 0 aromatic rings. The maximum Gasteiger partial charge on any atom is 0.0940 e. The lowest BCUT2D eigenvalue weighted by atomic mass is 10.0. The average Bonchev–Trinajstić information content (AvgIpc) is 1.86. The summed E-state index contributed by atoms with van der Waals surface area (Å²) in [4.78, 5) is 4.29. The lowest BCUT2D eigenvalue weighted by molar-refractivity contribution is 0.652. The fourth-order valence-electron chi connectivity index (χ4n) is 1.09. The van der Waals surface area contributed by atoms with Crippen LogP contribution < -0.4 is 5.73 Å². The van der Waals surface area contributed by atoms with Crippen molar-refractivity contribution in [3.8, 4) is 0 Å². The van der Waals surface area contributed by atoms with Crippen LogP contribution in [0.5, 0.6) is 0 Å². The van der Waals surface area contributed by atoms with Gasteiger partial charge in [-0.05, 0) is 26.2 Å². The highest BCUT2D eigenvalue weighted by Crippen LogP contribution is 2.07. The molecular weight excluding hydrogens is 136 g/mol. The molecular formula is C9H20N2. The molecule has 0 bridgehead atoms. The molecule has 2 atom stereocenters. The van der Waals surface area contributed by atoms with Crippen LogP contribution in [0.15, 0.2) is 4.99 Å². The predicted molar refractivity (Wildman–Crippen MR) is 50.8 cm³/mol. The first-order valence-corrected chi connectivity index (χ1v) is 4.37. The van der Waals surface area contributed by atoms with Gasteiger partial charge in [0.1, 0.15) is 0 Å². The molecule has 11 heavy (non-hydrogen) atoms. The van der Waals surface area contributed by atoms with Gasteiger partial charge in [-0.25, -0.2) is 0 Å². The van der Waals surface area contributed by atoms with Gasteiger partial charge in [-0.1, -0.05) is 20.3 Å². The first-order valence-electron chi connectivity index (χ1n) is 4.37. The molecule has 0 spiro atoms. The van der Waals surface area contributed by atoms with Crippen LogP contribution in [0, 0.1) is 5.92 Å². The summed E-state index contributed by atoms with van der Waals surface area (Å²) >= 11 is 0. The van der Waals surface area contributed by atoms with E-state index in [1.807, 2.05) is 6.92 Å². The highest BCUT2D eigenvalue weighted by Gasteiger charge is 2.03. The molecule has 0 rings (SSSR count). The number of aliphatic imine (C=N–C) groups is 1. The molecule has 0 amide bonds. The van der Waals surface area contributed by atoms with Crippen molar-refractivity contribution in [1.29, 1.82) is 0 Å². The molecule has 0 aromatic carbocycles. The van der Waals surface area contributed by atoms with Crippen molar-refractivity contribution in [3.63, 3.8) is 0 Å². The number of hydrogen-bond acceptors (Lipinski definition) is 2. The number of rotatable bonds is 4. The second-order valence-corrected chi connectivity index (χ2v) is 3.20. The molecule has 0 radical (unpaired) electrons. The zero-order valence-corrected chi connectivity index (χ0v) is 8.09. The Morgan fingerprint density at radius 3 is 2.36 bits per heavy atom. The Hall–Kier alpha value is -0.370. The third kappa shape index (κ3) is 4.96. The third-order valence-corrected chi connectivity index (χ3v) is 1.84. The van der Waals surface area contributed by atoms with E-state index in [1.54, 1.807) is 0 Å². The van der Waals surface area contributed by atoms with Gasteiger partial charge in [-0.15, -0.1) is 0 Å². The summed E-state index contributed by atoms with van der Waals surface area (Å²) < 4.78 is 0. The lowest BCUT2D eigenvalue weighted by Crippen LogP contribution is -2.17. The fourth-order valence-corrected chi connectivity index (χ4v) is 1.09.